The van der Waals surface area contributed by atoms with Crippen LogP contribution in [0.2, 0.25) is 0 Å². The van der Waals surface area contributed by atoms with E-state index in [2.05, 4.69) is 4.36 Å². The van der Waals surface area contributed by atoms with Gasteiger partial charge in [0.05, 0.1) is 0 Å². The molecule has 0 aliphatic rings. The lowest BCUT2D eigenvalue weighted by molar-refractivity contribution is 0.0999. The molecule has 3 aromatic carbocycles. The first kappa shape index (κ1) is 24.1. The molecule has 0 N–H and O–H groups in total. The third kappa shape index (κ3) is 6.49. The Bertz CT molecular complexity index is 1210. The van der Waals surface area contributed by atoms with Gasteiger partial charge >= 0.3 is 6.09 Å². The molecule has 0 heterocycles. The molecule has 0 aliphatic heterocycles. The maximum absolute atomic E-state index is 14.4. The van der Waals surface area contributed by atoms with Crippen molar-refractivity contribution in [2.75, 3.05) is 0 Å². The molecule has 0 saturated carbocycles. The van der Waals surface area contributed by atoms with Crippen molar-refractivity contribution < 1.29 is 18.5 Å². The zero-order chi connectivity index (χ0) is 23.7. The van der Waals surface area contributed by atoms with Crippen LogP contribution in [0.1, 0.15) is 29.8 Å². The standard InChI is InChI=1S/C27H27NO4S/c1-21(2)18-19-25(26(29)23-14-8-4-9-15-23)33(31,24-16-10-5-11-17-24)28-27(30)32-20-22-12-6-3-7-13-22/h3-19,21,25H,20H2,1-2H3/b19-18+. The maximum Gasteiger partial charge on any atom is 0.442 e. The van der Waals surface area contributed by atoms with Crippen LogP contribution in [0.25, 0.3) is 0 Å². The molecule has 0 aliphatic carbocycles. The van der Waals surface area contributed by atoms with E-state index in [1.165, 1.54) is 0 Å². The second kappa shape index (κ2) is 11.4. The molecule has 2 atom stereocenters. The van der Waals surface area contributed by atoms with Crippen molar-refractivity contribution in [3.8, 4) is 0 Å². The van der Waals surface area contributed by atoms with Gasteiger partial charge in [-0.3, -0.25) is 4.79 Å². The molecule has 3 aromatic rings. The van der Waals surface area contributed by atoms with Gasteiger partial charge in [-0.25, -0.2) is 9.00 Å². The van der Waals surface area contributed by atoms with Gasteiger partial charge in [0, 0.05) is 10.5 Å². The molecule has 6 heteroatoms. The normalized spacial score (nSPS) is 13.9. The zero-order valence-corrected chi connectivity index (χ0v) is 19.5. The fraction of sp³-hybridized carbons (Fsp3) is 0.185. The molecule has 1 amide bonds. The second-order valence-corrected chi connectivity index (χ2v) is 10.1. The second-order valence-electron chi connectivity index (χ2n) is 7.79. The summed E-state index contributed by atoms with van der Waals surface area (Å²) >= 11 is 0. The van der Waals surface area contributed by atoms with Crippen molar-refractivity contribution in [1.82, 2.24) is 0 Å². The molecular weight excluding hydrogens is 434 g/mol. The quantitative estimate of drug-likeness (QED) is 0.291. The van der Waals surface area contributed by atoms with Crippen molar-refractivity contribution in [1.29, 1.82) is 0 Å². The van der Waals surface area contributed by atoms with Gasteiger partial charge in [-0.2, -0.15) is 0 Å². The van der Waals surface area contributed by atoms with Crippen LogP contribution < -0.4 is 0 Å². The number of hydrogen-bond donors (Lipinski definition) is 0. The van der Waals surface area contributed by atoms with E-state index in [9.17, 15) is 13.8 Å². The summed E-state index contributed by atoms with van der Waals surface area (Å²) in [5.41, 5.74) is 1.18. The number of ketones is 1. The topological polar surface area (TPSA) is 72.8 Å². The Morgan fingerprint density at radius 3 is 1.97 bits per heavy atom. The fourth-order valence-corrected chi connectivity index (χ4v) is 5.22. The fourth-order valence-electron chi connectivity index (χ4n) is 3.16. The Hall–Kier alpha value is -3.51. The van der Waals surface area contributed by atoms with Gasteiger partial charge in [-0.1, -0.05) is 105 Å². The molecule has 170 valence electrons. The zero-order valence-electron chi connectivity index (χ0n) is 18.7. The predicted octanol–water partition coefficient (Wildman–Crippen LogP) is 6.31. The van der Waals surface area contributed by atoms with Crippen molar-refractivity contribution in [2.45, 2.75) is 30.6 Å². The molecular formula is C27H27NO4S. The monoisotopic (exact) mass is 461 g/mol. The number of ether oxygens (including phenoxy) is 1. The van der Waals surface area contributed by atoms with Gasteiger partial charge in [0.15, 0.2) is 5.78 Å². The number of benzene rings is 3. The predicted molar refractivity (Wildman–Crippen MR) is 130 cm³/mol. The van der Waals surface area contributed by atoms with Crippen LogP contribution >= 0.6 is 0 Å². The number of hydrogen-bond acceptors (Lipinski definition) is 4. The average molecular weight is 462 g/mol. The minimum absolute atomic E-state index is 0.00733. The van der Waals surface area contributed by atoms with Gasteiger partial charge in [0.1, 0.15) is 21.6 Å². The molecule has 0 aromatic heterocycles. The number of carbonyl (C=O) groups is 2. The van der Waals surface area contributed by atoms with Crippen molar-refractivity contribution in [3.05, 3.63) is 114 Å². The van der Waals surface area contributed by atoms with Crippen LogP contribution in [0.4, 0.5) is 4.79 Å². The van der Waals surface area contributed by atoms with Gasteiger partial charge in [-0.15, -0.1) is 4.36 Å². The van der Waals surface area contributed by atoms with Crippen LogP contribution in [-0.4, -0.2) is 21.3 Å². The lowest BCUT2D eigenvalue weighted by Gasteiger charge is -2.18. The Morgan fingerprint density at radius 1 is 0.848 bits per heavy atom. The highest BCUT2D eigenvalue weighted by molar-refractivity contribution is 7.95. The highest BCUT2D eigenvalue weighted by Gasteiger charge is 2.32. The van der Waals surface area contributed by atoms with E-state index in [-0.39, 0.29) is 18.3 Å². The van der Waals surface area contributed by atoms with Crippen molar-refractivity contribution >= 4 is 21.6 Å². The Balaban J connectivity index is 2.07. The Labute approximate surface area is 195 Å². The minimum atomic E-state index is -3.54. The summed E-state index contributed by atoms with van der Waals surface area (Å²) in [4.78, 5) is 26.5. The number of allylic oxidation sites excluding steroid dienone is 1. The lowest BCUT2D eigenvalue weighted by Crippen LogP contribution is -2.30. The number of Topliss-reactive ketones (excluding diaryl/α,β-unsaturated/α-hetero) is 1. The number of amides is 1. The molecule has 0 saturated heterocycles. The van der Waals surface area contributed by atoms with Crippen LogP contribution in [-0.2, 0) is 21.1 Å². The van der Waals surface area contributed by atoms with Crippen LogP contribution in [0.5, 0.6) is 0 Å². The maximum atomic E-state index is 14.4. The Morgan fingerprint density at radius 2 is 1.39 bits per heavy atom. The Kier molecular flexibility index (Phi) is 8.33. The van der Waals surface area contributed by atoms with Gasteiger partial charge < -0.3 is 4.74 Å². The van der Waals surface area contributed by atoms with E-state index in [1.54, 1.807) is 72.8 Å². The van der Waals surface area contributed by atoms with Gasteiger partial charge in [-0.05, 0) is 23.6 Å². The lowest BCUT2D eigenvalue weighted by atomic mass is 10.1. The molecule has 2 unspecified atom stereocenters. The molecule has 33 heavy (non-hydrogen) atoms. The molecule has 0 radical (unpaired) electrons. The van der Waals surface area contributed by atoms with E-state index in [4.69, 9.17) is 4.74 Å². The summed E-state index contributed by atoms with van der Waals surface area (Å²) < 4.78 is 23.7. The van der Waals surface area contributed by atoms with Crippen LogP contribution in [0, 0.1) is 5.92 Å². The molecule has 0 bridgehead atoms. The third-order valence-electron chi connectivity index (χ3n) is 4.83. The summed E-state index contributed by atoms with van der Waals surface area (Å²) in [5, 5.41) is -1.16. The number of rotatable bonds is 8. The largest absolute Gasteiger partial charge is 0.443 e. The van der Waals surface area contributed by atoms with E-state index in [0.29, 0.717) is 10.5 Å². The van der Waals surface area contributed by atoms with Crippen molar-refractivity contribution in [2.24, 2.45) is 10.3 Å². The van der Waals surface area contributed by atoms with E-state index in [1.807, 2.05) is 44.2 Å². The van der Waals surface area contributed by atoms with Gasteiger partial charge in [0.2, 0.25) is 0 Å². The number of carbonyl (C=O) groups excluding carboxylic acids is 2. The van der Waals surface area contributed by atoms with E-state index in [0.717, 1.165) is 5.56 Å². The molecule has 3 rings (SSSR count). The first-order valence-electron chi connectivity index (χ1n) is 10.7. The molecule has 0 fully saturated rings. The van der Waals surface area contributed by atoms with Crippen LogP contribution in [0.3, 0.4) is 0 Å². The van der Waals surface area contributed by atoms with Gasteiger partial charge in [0.25, 0.3) is 0 Å². The summed E-state index contributed by atoms with van der Waals surface area (Å²) in [6.07, 6.45) is 2.43. The highest BCUT2D eigenvalue weighted by atomic mass is 32.2. The molecule has 5 nitrogen and oxygen atoms in total. The number of nitrogens with zero attached hydrogens (tertiary/aromatic N) is 1. The minimum Gasteiger partial charge on any atom is -0.443 e. The first-order chi connectivity index (χ1) is 15.9. The SMILES string of the molecule is CC(C)/C=C/C(C(=O)c1ccccc1)S(=O)(=NC(=O)OCc1ccccc1)c1ccccc1. The molecule has 0 spiro atoms. The third-order valence-corrected chi connectivity index (χ3v) is 7.26. The van der Waals surface area contributed by atoms with Crippen LogP contribution in [0.15, 0.2) is 112 Å². The first-order valence-corrected chi connectivity index (χ1v) is 12.3. The van der Waals surface area contributed by atoms with Crippen molar-refractivity contribution in [3.63, 3.8) is 0 Å². The summed E-state index contributed by atoms with van der Waals surface area (Å²) in [5.74, 6) is -0.263. The smallest absolute Gasteiger partial charge is 0.442 e. The summed E-state index contributed by atoms with van der Waals surface area (Å²) in [7, 11) is -3.54. The summed E-state index contributed by atoms with van der Waals surface area (Å²) in [6.45, 7) is 3.90. The van der Waals surface area contributed by atoms with E-state index >= 15 is 0 Å². The van der Waals surface area contributed by atoms with E-state index < -0.39 is 21.1 Å². The highest BCUT2D eigenvalue weighted by Crippen LogP contribution is 2.25. The summed E-state index contributed by atoms with van der Waals surface area (Å²) in [6, 6.07) is 26.2. The average Bonchev–Trinajstić information content (AvgIpc) is 2.84.